The van der Waals surface area contributed by atoms with Crippen LogP contribution < -0.4 is 4.74 Å². The molecular formula is C18H16N2O7S. The number of benzene rings is 1. The van der Waals surface area contributed by atoms with Gasteiger partial charge >= 0.3 is 5.97 Å². The number of aromatic nitrogens is 1. The minimum atomic E-state index is -3.37. The lowest BCUT2D eigenvalue weighted by Crippen LogP contribution is -2.22. The summed E-state index contributed by atoms with van der Waals surface area (Å²) in [6.07, 6.45) is 2.12. The third-order valence-electron chi connectivity index (χ3n) is 4.07. The Morgan fingerprint density at radius 2 is 1.79 bits per heavy atom. The lowest BCUT2D eigenvalue weighted by atomic mass is 9.92. The first-order valence-corrected chi connectivity index (χ1v) is 9.95. The van der Waals surface area contributed by atoms with E-state index in [0.717, 1.165) is 12.5 Å². The number of cyclic esters (lactones) is 1. The molecule has 9 nitrogen and oxygen atoms in total. The molecule has 1 aromatic heterocycles. The highest BCUT2D eigenvalue weighted by atomic mass is 32.2. The van der Waals surface area contributed by atoms with E-state index in [4.69, 9.17) is 9.47 Å². The number of esters is 1. The SMILES string of the molecule is CC1(C)OC(=O)C(Oc2ccc([N+](=O)[O-])cn2)=C1c1ccc(S(C)(=O)=O)cc1. The molecule has 3 rings (SSSR count). The maximum Gasteiger partial charge on any atom is 0.375 e. The van der Waals surface area contributed by atoms with E-state index in [9.17, 15) is 23.3 Å². The van der Waals surface area contributed by atoms with E-state index in [2.05, 4.69) is 4.98 Å². The number of ether oxygens (including phenoxy) is 2. The highest BCUT2D eigenvalue weighted by Crippen LogP contribution is 2.40. The van der Waals surface area contributed by atoms with Crippen LogP contribution in [0.15, 0.2) is 53.2 Å². The minimum Gasteiger partial charge on any atom is -0.449 e. The molecule has 0 aliphatic carbocycles. The number of sulfone groups is 1. The predicted molar refractivity (Wildman–Crippen MR) is 98.2 cm³/mol. The van der Waals surface area contributed by atoms with Crippen molar-refractivity contribution in [2.75, 3.05) is 6.26 Å². The lowest BCUT2D eigenvalue weighted by molar-refractivity contribution is -0.385. The van der Waals surface area contributed by atoms with E-state index in [1.54, 1.807) is 26.0 Å². The van der Waals surface area contributed by atoms with Crippen LogP contribution in [0.5, 0.6) is 5.88 Å². The van der Waals surface area contributed by atoms with Crippen LogP contribution >= 0.6 is 0 Å². The van der Waals surface area contributed by atoms with Gasteiger partial charge in [-0.1, -0.05) is 12.1 Å². The van der Waals surface area contributed by atoms with Crippen molar-refractivity contribution in [1.82, 2.24) is 4.98 Å². The molecule has 28 heavy (non-hydrogen) atoms. The van der Waals surface area contributed by atoms with Crippen molar-refractivity contribution in [2.45, 2.75) is 24.3 Å². The van der Waals surface area contributed by atoms with Gasteiger partial charge in [0.1, 0.15) is 11.8 Å². The van der Waals surface area contributed by atoms with Crippen LogP contribution in [0.25, 0.3) is 5.57 Å². The standard InChI is InChI=1S/C18H16N2O7S/c1-18(2)15(11-4-7-13(8-5-11)28(3,24)25)16(17(21)27-18)26-14-9-6-12(10-19-14)20(22)23/h4-10H,1-3H3. The van der Waals surface area contributed by atoms with E-state index >= 15 is 0 Å². The van der Waals surface area contributed by atoms with E-state index in [0.29, 0.717) is 11.1 Å². The maximum atomic E-state index is 12.3. The number of hydrogen-bond acceptors (Lipinski definition) is 8. The molecule has 1 aromatic carbocycles. The summed E-state index contributed by atoms with van der Waals surface area (Å²) in [5, 5.41) is 10.7. The van der Waals surface area contributed by atoms with Crippen LogP contribution in [-0.4, -0.2) is 36.2 Å². The zero-order chi connectivity index (χ0) is 20.7. The Morgan fingerprint density at radius 1 is 1.14 bits per heavy atom. The molecule has 2 aromatic rings. The molecule has 0 saturated heterocycles. The largest absolute Gasteiger partial charge is 0.449 e. The summed E-state index contributed by atoms with van der Waals surface area (Å²) in [6.45, 7) is 3.34. The van der Waals surface area contributed by atoms with E-state index in [1.165, 1.54) is 24.3 Å². The van der Waals surface area contributed by atoms with Gasteiger partial charge in [-0.15, -0.1) is 0 Å². The number of rotatable bonds is 5. The van der Waals surface area contributed by atoms with Crippen LogP contribution in [0.1, 0.15) is 19.4 Å². The fraction of sp³-hybridized carbons (Fsp3) is 0.222. The van der Waals surface area contributed by atoms with Crippen LogP contribution in [0.4, 0.5) is 5.69 Å². The summed E-state index contributed by atoms with van der Waals surface area (Å²) >= 11 is 0. The molecule has 0 radical (unpaired) electrons. The van der Waals surface area contributed by atoms with Crippen molar-refractivity contribution < 1.29 is 27.6 Å². The van der Waals surface area contributed by atoms with Gasteiger partial charge < -0.3 is 9.47 Å². The first-order valence-electron chi connectivity index (χ1n) is 8.06. The molecule has 1 aliphatic heterocycles. The molecule has 1 aliphatic rings. The number of carbonyl (C=O) groups is 1. The number of hydrogen-bond donors (Lipinski definition) is 0. The topological polar surface area (TPSA) is 126 Å². The summed E-state index contributed by atoms with van der Waals surface area (Å²) in [5.41, 5.74) is -0.287. The highest BCUT2D eigenvalue weighted by Gasteiger charge is 2.43. The van der Waals surface area contributed by atoms with Gasteiger partial charge in [0.05, 0.1) is 15.4 Å². The molecule has 0 spiro atoms. The van der Waals surface area contributed by atoms with Gasteiger partial charge in [0.25, 0.3) is 5.69 Å². The quantitative estimate of drug-likeness (QED) is 0.423. The summed E-state index contributed by atoms with van der Waals surface area (Å²) in [6, 6.07) is 8.45. The van der Waals surface area contributed by atoms with Crippen LogP contribution in [-0.2, 0) is 19.4 Å². The highest BCUT2D eigenvalue weighted by molar-refractivity contribution is 7.90. The molecule has 0 N–H and O–H groups in total. The third-order valence-corrected chi connectivity index (χ3v) is 5.20. The molecule has 146 valence electrons. The summed E-state index contributed by atoms with van der Waals surface area (Å²) in [5.74, 6) is -0.841. The minimum absolute atomic E-state index is 0.0134. The predicted octanol–water partition coefficient (Wildman–Crippen LogP) is 2.52. The van der Waals surface area contributed by atoms with Gasteiger partial charge in [-0.2, -0.15) is 0 Å². The van der Waals surface area contributed by atoms with Gasteiger partial charge in [-0.05, 0) is 31.5 Å². The Kier molecular flexibility index (Phi) is 4.67. The van der Waals surface area contributed by atoms with Gasteiger partial charge in [0, 0.05) is 18.4 Å². The second-order valence-electron chi connectivity index (χ2n) is 6.61. The number of nitro groups is 1. The first-order chi connectivity index (χ1) is 13.0. The van der Waals surface area contributed by atoms with Gasteiger partial charge in [0.15, 0.2) is 9.84 Å². The van der Waals surface area contributed by atoms with Gasteiger partial charge in [-0.3, -0.25) is 10.1 Å². The summed E-state index contributed by atoms with van der Waals surface area (Å²) in [4.78, 5) is 26.4. The fourth-order valence-electron chi connectivity index (χ4n) is 2.79. The average molecular weight is 404 g/mol. The second kappa shape index (κ2) is 6.71. The zero-order valence-corrected chi connectivity index (χ0v) is 16.0. The lowest BCUT2D eigenvalue weighted by Gasteiger charge is -2.21. The number of pyridine rings is 1. The Bertz CT molecular complexity index is 1090. The van der Waals surface area contributed by atoms with Gasteiger partial charge in [-0.25, -0.2) is 18.2 Å². The summed E-state index contributed by atoms with van der Waals surface area (Å²) < 4.78 is 34.3. The molecule has 0 unspecified atom stereocenters. The van der Waals surface area contributed by atoms with E-state index in [-0.39, 0.29) is 22.2 Å². The molecule has 0 fully saturated rings. The second-order valence-corrected chi connectivity index (χ2v) is 8.63. The zero-order valence-electron chi connectivity index (χ0n) is 15.2. The smallest absolute Gasteiger partial charge is 0.375 e. The average Bonchev–Trinajstić information content (AvgIpc) is 2.83. The Hall–Kier alpha value is -3.27. The van der Waals surface area contributed by atoms with E-state index in [1.807, 2.05) is 0 Å². The monoisotopic (exact) mass is 404 g/mol. The van der Waals surface area contributed by atoms with Crippen molar-refractivity contribution >= 4 is 27.1 Å². The third kappa shape index (κ3) is 3.72. The van der Waals surface area contributed by atoms with Crippen LogP contribution in [0, 0.1) is 10.1 Å². The van der Waals surface area contributed by atoms with Crippen molar-refractivity contribution in [3.8, 4) is 5.88 Å². The van der Waals surface area contributed by atoms with Crippen molar-refractivity contribution in [1.29, 1.82) is 0 Å². The molecule has 0 saturated carbocycles. The fourth-order valence-corrected chi connectivity index (χ4v) is 3.42. The van der Waals surface area contributed by atoms with Crippen molar-refractivity contribution in [3.05, 3.63) is 64.0 Å². The molecular weight excluding hydrogens is 388 g/mol. The normalized spacial score (nSPS) is 16.0. The summed E-state index contributed by atoms with van der Waals surface area (Å²) in [7, 11) is -3.37. The molecule has 0 atom stereocenters. The van der Waals surface area contributed by atoms with Crippen molar-refractivity contribution in [3.63, 3.8) is 0 Å². The van der Waals surface area contributed by atoms with Crippen LogP contribution in [0.3, 0.4) is 0 Å². The van der Waals surface area contributed by atoms with Crippen molar-refractivity contribution in [2.24, 2.45) is 0 Å². The van der Waals surface area contributed by atoms with Crippen LogP contribution in [0.2, 0.25) is 0 Å². The number of nitrogens with zero attached hydrogens (tertiary/aromatic N) is 2. The number of carbonyl (C=O) groups excluding carboxylic acids is 1. The molecule has 2 heterocycles. The molecule has 0 amide bonds. The Labute approximate surface area is 160 Å². The Morgan fingerprint density at radius 3 is 2.29 bits per heavy atom. The first kappa shape index (κ1) is 19.5. The molecule has 0 bridgehead atoms. The Balaban J connectivity index is 2.04. The van der Waals surface area contributed by atoms with Gasteiger partial charge in [0.2, 0.25) is 11.6 Å². The molecule has 10 heteroatoms. The van der Waals surface area contributed by atoms with E-state index < -0.39 is 26.3 Å². The maximum absolute atomic E-state index is 12.3.